The SMILES string of the molecule is CN=C(NCCN1C(=O)CNC1=O)NC1CCN(c2ccccc2)C1. The number of guanidine groups is 1. The van der Waals surface area contributed by atoms with E-state index >= 15 is 0 Å². The fourth-order valence-electron chi connectivity index (χ4n) is 3.11. The maximum Gasteiger partial charge on any atom is 0.324 e. The number of hydrogen-bond acceptors (Lipinski definition) is 4. The molecule has 3 amide bonds. The maximum absolute atomic E-state index is 11.5. The Kier molecular flexibility index (Phi) is 5.37. The van der Waals surface area contributed by atoms with Crippen molar-refractivity contribution < 1.29 is 9.59 Å². The van der Waals surface area contributed by atoms with Gasteiger partial charge in [-0.25, -0.2) is 4.79 Å². The number of amides is 3. The van der Waals surface area contributed by atoms with E-state index in [4.69, 9.17) is 0 Å². The molecule has 2 saturated heterocycles. The second kappa shape index (κ2) is 7.87. The minimum atomic E-state index is -0.330. The predicted molar refractivity (Wildman–Crippen MR) is 96.7 cm³/mol. The van der Waals surface area contributed by atoms with Crippen LogP contribution in [0.3, 0.4) is 0 Å². The molecule has 2 fully saturated rings. The summed E-state index contributed by atoms with van der Waals surface area (Å²) in [5, 5.41) is 9.08. The summed E-state index contributed by atoms with van der Waals surface area (Å²) in [5.41, 5.74) is 1.23. The van der Waals surface area contributed by atoms with Crippen molar-refractivity contribution in [2.45, 2.75) is 12.5 Å². The van der Waals surface area contributed by atoms with Gasteiger partial charge in [-0.05, 0) is 18.6 Å². The van der Waals surface area contributed by atoms with Crippen LogP contribution in [0.4, 0.5) is 10.5 Å². The fourth-order valence-corrected chi connectivity index (χ4v) is 3.11. The largest absolute Gasteiger partial charge is 0.369 e. The van der Waals surface area contributed by atoms with Gasteiger partial charge in [0, 0.05) is 45.0 Å². The number of anilines is 1. The van der Waals surface area contributed by atoms with Crippen molar-refractivity contribution in [3.8, 4) is 0 Å². The van der Waals surface area contributed by atoms with Crippen LogP contribution in [-0.4, -0.2) is 68.6 Å². The summed E-state index contributed by atoms with van der Waals surface area (Å²) >= 11 is 0. The molecule has 8 heteroatoms. The van der Waals surface area contributed by atoms with E-state index in [0.717, 1.165) is 19.5 Å². The zero-order valence-electron chi connectivity index (χ0n) is 14.4. The first-order chi connectivity index (χ1) is 12.2. The van der Waals surface area contributed by atoms with Crippen molar-refractivity contribution in [2.24, 2.45) is 4.99 Å². The minimum Gasteiger partial charge on any atom is -0.369 e. The maximum atomic E-state index is 11.5. The highest BCUT2D eigenvalue weighted by Crippen LogP contribution is 2.19. The van der Waals surface area contributed by atoms with Crippen LogP contribution in [0, 0.1) is 0 Å². The Morgan fingerprint density at radius 1 is 1.32 bits per heavy atom. The molecule has 25 heavy (non-hydrogen) atoms. The first kappa shape index (κ1) is 17.1. The molecule has 0 spiro atoms. The Labute approximate surface area is 147 Å². The lowest BCUT2D eigenvalue weighted by atomic mass is 10.3. The molecule has 0 aromatic heterocycles. The molecule has 134 valence electrons. The van der Waals surface area contributed by atoms with Crippen molar-refractivity contribution in [1.29, 1.82) is 0 Å². The Hall–Kier alpha value is -2.77. The van der Waals surface area contributed by atoms with Gasteiger partial charge in [0.25, 0.3) is 0 Å². The number of urea groups is 1. The van der Waals surface area contributed by atoms with Crippen LogP contribution >= 0.6 is 0 Å². The molecule has 0 saturated carbocycles. The molecular formula is C17H24N6O2. The molecule has 2 heterocycles. The lowest BCUT2D eigenvalue weighted by molar-refractivity contribution is -0.124. The molecule has 2 aliphatic rings. The van der Waals surface area contributed by atoms with Crippen molar-refractivity contribution in [1.82, 2.24) is 20.9 Å². The second-order valence-corrected chi connectivity index (χ2v) is 6.11. The summed E-state index contributed by atoms with van der Waals surface area (Å²) < 4.78 is 0. The van der Waals surface area contributed by atoms with Crippen LogP contribution in [0.25, 0.3) is 0 Å². The van der Waals surface area contributed by atoms with Crippen LogP contribution in [0.5, 0.6) is 0 Å². The highest BCUT2D eigenvalue weighted by molar-refractivity contribution is 6.01. The summed E-state index contributed by atoms with van der Waals surface area (Å²) in [5.74, 6) is 0.496. The van der Waals surface area contributed by atoms with Gasteiger partial charge in [-0.1, -0.05) is 18.2 Å². The number of para-hydroxylation sites is 1. The van der Waals surface area contributed by atoms with E-state index in [-0.39, 0.29) is 18.5 Å². The number of imide groups is 1. The van der Waals surface area contributed by atoms with Gasteiger partial charge in [0.2, 0.25) is 5.91 Å². The standard InChI is InChI=1S/C17H24N6O2/c1-18-16(19-8-10-23-15(24)11-20-17(23)25)21-13-7-9-22(12-13)14-5-3-2-4-6-14/h2-6,13H,7-12H2,1H3,(H,20,25)(H2,18,19,21). The average Bonchev–Trinajstić information content (AvgIpc) is 3.23. The number of carbonyl (C=O) groups is 2. The second-order valence-electron chi connectivity index (χ2n) is 6.11. The number of carbonyl (C=O) groups excluding carboxylic acids is 2. The van der Waals surface area contributed by atoms with Crippen molar-refractivity contribution >= 4 is 23.6 Å². The molecule has 0 radical (unpaired) electrons. The van der Waals surface area contributed by atoms with Gasteiger partial charge in [-0.2, -0.15) is 0 Å². The molecule has 1 atom stereocenters. The van der Waals surface area contributed by atoms with Gasteiger partial charge < -0.3 is 20.9 Å². The van der Waals surface area contributed by atoms with Gasteiger partial charge in [-0.3, -0.25) is 14.7 Å². The van der Waals surface area contributed by atoms with E-state index in [1.165, 1.54) is 10.6 Å². The van der Waals surface area contributed by atoms with Gasteiger partial charge in [0.1, 0.15) is 0 Å². The molecule has 3 N–H and O–H groups in total. The predicted octanol–water partition coefficient (Wildman–Crippen LogP) is -0.0179. The van der Waals surface area contributed by atoms with E-state index < -0.39 is 0 Å². The quantitative estimate of drug-likeness (QED) is 0.397. The third-order valence-electron chi connectivity index (χ3n) is 4.44. The van der Waals surface area contributed by atoms with Crippen LogP contribution in [0.2, 0.25) is 0 Å². The lowest BCUT2D eigenvalue weighted by Gasteiger charge is -2.21. The fraction of sp³-hybridized carbons (Fsp3) is 0.471. The molecule has 1 unspecified atom stereocenters. The third-order valence-corrected chi connectivity index (χ3v) is 4.44. The summed E-state index contributed by atoms with van der Waals surface area (Å²) in [6.07, 6.45) is 1.03. The van der Waals surface area contributed by atoms with Crippen LogP contribution < -0.4 is 20.9 Å². The summed E-state index contributed by atoms with van der Waals surface area (Å²) in [7, 11) is 1.72. The smallest absolute Gasteiger partial charge is 0.324 e. The summed E-state index contributed by atoms with van der Waals surface area (Å²) in [4.78, 5) is 30.8. The Morgan fingerprint density at radius 3 is 2.80 bits per heavy atom. The molecule has 1 aromatic carbocycles. The van der Waals surface area contributed by atoms with E-state index in [1.54, 1.807) is 7.05 Å². The van der Waals surface area contributed by atoms with Gasteiger partial charge >= 0.3 is 6.03 Å². The van der Waals surface area contributed by atoms with Gasteiger partial charge in [0.15, 0.2) is 5.96 Å². The minimum absolute atomic E-state index is 0.0865. The Balaban J connectivity index is 1.44. The number of nitrogens with zero attached hydrogens (tertiary/aromatic N) is 3. The topological polar surface area (TPSA) is 89.1 Å². The molecule has 3 rings (SSSR count). The van der Waals surface area contributed by atoms with E-state index in [2.05, 4.69) is 38.0 Å². The van der Waals surface area contributed by atoms with Gasteiger partial charge in [-0.15, -0.1) is 0 Å². The zero-order chi connectivity index (χ0) is 17.6. The molecular weight excluding hydrogens is 320 g/mol. The average molecular weight is 344 g/mol. The number of hydrogen-bond donors (Lipinski definition) is 3. The molecule has 8 nitrogen and oxygen atoms in total. The monoisotopic (exact) mass is 344 g/mol. The van der Waals surface area contributed by atoms with Gasteiger partial charge in [0.05, 0.1) is 6.54 Å². The Bertz CT molecular complexity index is 632. The van der Waals surface area contributed by atoms with Crippen LogP contribution in [0.15, 0.2) is 35.3 Å². The third kappa shape index (κ3) is 4.20. The normalized spacial score (nSPS) is 20.8. The van der Waals surface area contributed by atoms with Crippen molar-refractivity contribution in [3.05, 3.63) is 30.3 Å². The summed E-state index contributed by atoms with van der Waals surface area (Å²) in [6.45, 7) is 2.79. The highest BCUT2D eigenvalue weighted by Gasteiger charge is 2.28. The number of rotatable bonds is 5. The first-order valence-electron chi connectivity index (χ1n) is 8.53. The van der Waals surface area contributed by atoms with E-state index in [0.29, 0.717) is 25.1 Å². The lowest BCUT2D eigenvalue weighted by Crippen LogP contribution is -2.47. The van der Waals surface area contributed by atoms with Crippen molar-refractivity contribution in [2.75, 3.05) is 44.7 Å². The summed E-state index contributed by atoms with van der Waals surface area (Å²) in [6, 6.07) is 10.3. The molecule has 0 aliphatic carbocycles. The van der Waals surface area contributed by atoms with Crippen molar-refractivity contribution in [3.63, 3.8) is 0 Å². The molecule has 2 aliphatic heterocycles. The van der Waals surface area contributed by atoms with E-state index in [1.807, 2.05) is 18.2 Å². The van der Waals surface area contributed by atoms with Crippen LogP contribution in [0.1, 0.15) is 6.42 Å². The molecule has 0 bridgehead atoms. The molecule has 1 aromatic rings. The van der Waals surface area contributed by atoms with Crippen LogP contribution in [-0.2, 0) is 4.79 Å². The first-order valence-corrected chi connectivity index (χ1v) is 8.53. The van der Waals surface area contributed by atoms with E-state index in [9.17, 15) is 9.59 Å². The highest BCUT2D eigenvalue weighted by atomic mass is 16.2. The number of nitrogens with one attached hydrogen (secondary N) is 3. The zero-order valence-corrected chi connectivity index (χ0v) is 14.4. The Morgan fingerprint density at radius 2 is 2.12 bits per heavy atom. The number of aliphatic imine (C=N–C) groups is 1. The number of benzene rings is 1.